The standard InChI is InChI=1S/C16H16N2O4S/c19-16(20)12-8-11-4-3-6-14(11)15(9-12)23(21,22)18-10-13-5-1-2-7-17-13/h1-2,5,7-9,18H,3-4,6,10H2,(H,19,20). The number of carbonyl (C=O) groups is 1. The van der Waals surface area contributed by atoms with E-state index in [1.807, 2.05) is 0 Å². The van der Waals surface area contributed by atoms with Gasteiger partial charge in [-0.2, -0.15) is 0 Å². The lowest BCUT2D eigenvalue weighted by atomic mass is 10.1. The van der Waals surface area contributed by atoms with Crippen molar-refractivity contribution in [2.45, 2.75) is 30.7 Å². The third-order valence-corrected chi connectivity index (χ3v) is 5.35. The third-order valence-electron chi connectivity index (χ3n) is 3.88. The number of fused-ring (bicyclic) bond motifs is 1. The van der Waals surface area contributed by atoms with Gasteiger partial charge in [-0.05, 0) is 54.7 Å². The molecule has 1 heterocycles. The Morgan fingerprint density at radius 2 is 2.09 bits per heavy atom. The highest BCUT2D eigenvalue weighted by atomic mass is 32.2. The van der Waals surface area contributed by atoms with Gasteiger partial charge in [0.05, 0.1) is 22.7 Å². The first-order valence-electron chi connectivity index (χ1n) is 7.26. The van der Waals surface area contributed by atoms with Gasteiger partial charge in [0.15, 0.2) is 0 Å². The van der Waals surface area contributed by atoms with Crippen LogP contribution in [0, 0.1) is 0 Å². The Morgan fingerprint density at radius 1 is 1.26 bits per heavy atom. The molecule has 7 heteroatoms. The summed E-state index contributed by atoms with van der Waals surface area (Å²) in [5.41, 5.74) is 2.14. The monoisotopic (exact) mass is 332 g/mol. The molecular formula is C16H16N2O4S. The van der Waals surface area contributed by atoms with Crippen LogP contribution in [0.5, 0.6) is 0 Å². The second-order valence-electron chi connectivity index (χ2n) is 5.42. The highest BCUT2D eigenvalue weighted by molar-refractivity contribution is 7.89. The quantitative estimate of drug-likeness (QED) is 0.869. The Bertz CT molecular complexity index is 848. The Morgan fingerprint density at radius 3 is 2.78 bits per heavy atom. The molecule has 23 heavy (non-hydrogen) atoms. The number of pyridine rings is 1. The lowest BCUT2D eigenvalue weighted by molar-refractivity contribution is 0.0696. The Labute approximate surface area is 134 Å². The van der Waals surface area contributed by atoms with E-state index in [1.165, 1.54) is 6.07 Å². The first kappa shape index (κ1) is 15.6. The molecule has 0 spiro atoms. The molecule has 0 atom stereocenters. The van der Waals surface area contributed by atoms with Crippen LogP contribution in [0.2, 0.25) is 0 Å². The molecule has 0 bridgehead atoms. The number of hydrogen-bond donors (Lipinski definition) is 2. The summed E-state index contributed by atoms with van der Waals surface area (Å²) in [6.45, 7) is 0.0647. The van der Waals surface area contributed by atoms with Gasteiger partial charge in [-0.15, -0.1) is 0 Å². The summed E-state index contributed by atoms with van der Waals surface area (Å²) in [5, 5.41) is 9.19. The maximum absolute atomic E-state index is 12.6. The highest BCUT2D eigenvalue weighted by Crippen LogP contribution is 2.30. The number of sulfonamides is 1. The van der Waals surface area contributed by atoms with Gasteiger partial charge in [-0.25, -0.2) is 17.9 Å². The van der Waals surface area contributed by atoms with Gasteiger partial charge in [-0.1, -0.05) is 6.07 Å². The molecule has 6 nitrogen and oxygen atoms in total. The van der Waals surface area contributed by atoms with Gasteiger partial charge in [0.25, 0.3) is 0 Å². The number of aromatic carboxylic acids is 1. The van der Waals surface area contributed by atoms with Crippen molar-refractivity contribution in [3.63, 3.8) is 0 Å². The molecule has 1 aliphatic carbocycles. The van der Waals surface area contributed by atoms with Crippen LogP contribution in [0.4, 0.5) is 0 Å². The first-order valence-corrected chi connectivity index (χ1v) is 8.74. The average molecular weight is 332 g/mol. The fraction of sp³-hybridized carbons (Fsp3) is 0.250. The van der Waals surface area contributed by atoms with E-state index in [-0.39, 0.29) is 17.0 Å². The van der Waals surface area contributed by atoms with E-state index < -0.39 is 16.0 Å². The molecule has 1 aliphatic rings. The zero-order valence-corrected chi connectivity index (χ0v) is 13.1. The van der Waals surface area contributed by atoms with Crippen LogP contribution in [-0.4, -0.2) is 24.5 Å². The number of nitrogens with zero attached hydrogens (tertiary/aromatic N) is 1. The Kier molecular flexibility index (Phi) is 4.14. The zero-order chi connectivity index (χ0) is 16.4. The maximum atomic E-state index is 12.6. The Balaban J connectivity index is 1.95. The molecule has 2 aromatic rings. The Hall–Kier alpha value is -2.25. The number of hydrogen-bond acceptors (Lipinski definition) is 4. The van der Waals surface area contributed by atoms with Crippen molar-refractivity contribution >= 4 is 16.0 Å². The van der Waals surface area contributed by atoms with Crippen LogP contribution in [0.1, 0.15) is 33.6 Å². The van der Waals surface area contributed by atoms with Crippen molar-refractivity contribution in [1.82, 2.24) is 9.71 Å². The number of carboxylic acid groups (broad SMARTS) is 1. The van der Waals surface area contributed by atoms with Crippen molar-refractivity contribution in [2.75, 3.05) is 0 Å². The lowest BCUT2D eigenvalue weighted by Gasteiger charge is -2.12. The summed E-state index contributed by atoms with van der Waals surface area (Å²) >= 11 is 0. The van der Waals surface area contributed by atoms with Gasteiger partial charge in [0.2, 0.25) is 10.0 Å². The normalized spacial score (nSPS) is 13.7. The molecule has 0 aliphatic heterocycles. The molecule has 2 N–H and O–H groups in total. The summed E-state index contributed by atoms with van der Waals surface area (Å²) < 4.78 is 27.7. The largest absolute Gasteiger partial charge is 0.478 e. The zero-order valence-electron chi connectivity index (χ0n) is 12.3. The van der Waals surface area contributed by atoms with E-state index in [4.69, 9.17) is 0 Å². The van der Waals surface area contributed by atoms with Crippen molar-refractivity contribution in [3.8, 4) is 0 Å². The van der Waals surface area contributed by atoms with Crippen molar-refractivity contribution < 1.29 is 18.3 Å². The minimum absolute atomic E-state index is 0.00358. The molecule has 0 unspecified atom stereocenters. The summed E-state index contributed by atoms with van der Waals surface area (Å²) in [6, 6.07) is 8.07. The molecule has 0 fully saturated rings. The van der Waals surface area contributed by atoms with Crippen LogP contribution >= 0.6 is 0 Å². The average Bonchev–Trinajstić information content (AvgIpc) is 3.01. The van der Waals surface area contributed by atoms with E-state index >= 15 is 0 Å². The number of carboxylic acids is 1. The fourth-order valence-electron chi connectivity index (χ4n) is 2.78. The third kappa shape index (κ3) is 3.25. The van der Waals surface area contributed by atoms with Crippen LogP contribution in [0.15, 0.2) is 41.4 Å². The van der Waals surface area contributed by atoms with Gasteiger partial charge >= 0.3 is 5.97 Å². The second-order valence-corrected chi connectivity index (χ2v) is 7.15. The van der Waals surface area contributed by atoms with E-state index in [9.17, 15) is 18.3 Å². The molecule has 1 aromatic heterocycles. The van der Waals surface area contributed by atoms with E-state index in [1.54, 1.807) is 30.5 Å². The van der Waals surface area contributed by atoms with Crippen molar-refractivity contribution in [1.29, 1.82) is 0 Å². The number of benzene rings is 1. The van der Waals surface area contributed by atoms with Gasteiger partial charge < -0.3 is 5.11 Å². The minimum atomic E-state index is -3.79. The van der Waals surface area contributed by atoms with Gasteiger partial charge in [0, 0.05) is 6.20 Å². The number of aryl methyl sites for hydroxylation is 1. The second kappa shape index (κ2) is 6.10. The van der Waals surface area contributed by atoms with Crippen LogP contribution in [0.25, 0.3) is 0 Å². The van der Waals surface area contributed by atoms with Gasteiger partial charge in [-0.3, -0.25) is 4.98 Å². The van der Waals surface area contributed by atoms with Crippen LogP contribution < -0.4 is 4.72 Å². The smallest absolute Gasteiger partial charge is 0.335 e. The number of nitrogens with one attached hydrogen (secondary N) is 1. The SMILES string of the molecule is O=C(O)c1cc2c(c(S(=O)(=O)NCc3ccccn3)c1)CCC2. The maximum Gasteiger partial charge on any atom is 0.335 e. The van der Waals surface area contributed by atoms with E-state index in [0.717, 1.165) is 17.5 Å². The molecule has 0 saturated carbocycles. The summed E-state index contributed by atoms with van der Waals surface area (Å²) in [5.74, 6) is -1.12. The van der Waals surface area contributed by atoms with Crippen molar-refractivity contribution in [3.05, 3.63) is 58.9 Å². The fourth-order valence-corrected chi connectivity index (χ4v) is 4.11. The summed E-state index contributed by atoms with van der Waals surface area (Å²) in [4.78, 5) is 15.4. The summed E-state index contributed by atoms with van der Waals surface area (Å²) in [7, 11) is -3.79. The van der Waals surface area contributed by atoms with E-state index in [0.29, 0.717) is 18.5 Å². The molecular weight excluding hydrogens is 316 g/mol. The van der Waals surface area contributed by atoms with E-state index in [2.05, 4.69) is 9.71 Å². The van der Waals surface area contributed by atoms with Crippen molar-refractivity contribution in [2.24, 2.45) is 0 Å². The topological polar surface area (TPSA) is 96.4 Å². The molecule has 0 amide bonds. The number of aromatic nitrogens is 1. The van der Waals surface area contributed by atoms with Gasteiger partial charge in [0.1, 0.15) is 0 Å². The molecule has 0 saturated heterocycles. The van der Waals surface area contributed by atoms with Crippen LogP contribution in [0.3, 0.4) is 0 Å². The molecule has 1 aromatic carbocycles. The predicted octanol–water partition coefficient (Wildman–Crippen LogP) is 1.75. The molecule has 120 valence electrons. The predicted molar refractivity (Wildman–Crippen MR) is 83.7 cm³/mol. The van der Waals surface area contributed by atoms with Crippen LogP contribution in [-0.2, 0) is 29.4 Å². The highest BCUT2D eigenvalue weighted by Gasteiger charge is 2.26. The number of rotatable bonds is 5. The summed E-state index contributed by atoms with van der Waals surface area (Å²) in [6.07, 6.45) is 3.78. The molecule has 0 radical (unpaired) electrons. The first-order chi connectivity index (χ1) is 11.0. The molecule has 3 rings (SSSR count). The lowest BCUT2D eigenvalue weighted by Crippen LogP contribution is -2.25. The minimum Gasteiger partial charge on any atom is -0.478 e.